The average molecular weight is 381 g/mol. The number of benzene rings is 1. The molecule has 28 heavy (non-hydrogen) atoms. The van der Waals surface area contributed by atoms with Gasteiger partial charge in [0.15, 0.2) is 0 Å². The Labute approximate surface area is 162 Å². The van der Waals surface area contributed by atoms with E-state index in [1.165, 1.54) is 0 Å². The van der Waals surface area contributed by atoms with E-state index in [0.717, 1.165) is 41.5 Å². The number of ether oxygens (including phenoxy) is 1. The summed E-state index contributed by atoms with van der Waals surface area (Å²) in [6.07, 6.45) is 5.05. The second-order valence-corrected chi connectivity index (χ2v) is 7.17. The predicted molar refractivity (Wildman–Crippen MR) is 105 cm³/mol. The van der Waals surface area contributed by atoms with Gasteiger partial charge in [-0.3, -0.25) is 4.79 Å². The van der Waals surface area contributed by atoms with Crippen molar-refractivity contribution < 1.29 is 18.4 Å². The van der Waals surface area contributed by atoms with Crippen molar-refractivity contribution >= 4 is 16.9 Å². The van der Waals surface area contributed by atoms with Crippen LogP contribution >= 0.6 is 0 Å². The van der Waals surface area contributed by atoms with Crippen molar-refractivity contribution in [2.24, 2.45) is 0 Å². The van der Waals surface area contributed by atoms with E-state index in [-0.39, 0.29) is 18.4 Å². The highest BCUT2D eigenvalue weighted by Crippen LogP contribution is 2.30. The molecule has 4 rings (SSSR count). The normalized spacial score (nSPS) is 16.0. The van der Waals surface area contributed by atoms with Gasteiger partial charge in [0.05, 0.1) is 19.4 Å². The van der Waals surface area contributed by atoms with Crippen molar-refractivity contribution in [1.82, 2.24) is 5.32 Å². The van der Waals surface area contributed by atoms with Gasteiger partial charge in [0.2, 0.25) is 5.91 Å². The van der Waals surface area contributed by atoms with Crippen LogP contribution in [0.5, 0.6) is 5.75 Å². The third-order valence-electron chi connectivity index (χ3n) is 5.48. The number of nitrogens with one attached hydrogen (secondary N) is 1. The Kier molecular flexibility index (Phi) is 4.94. The zero-order chi connectivity index (χ0) is 19.7. The summed E-state index contributed by atoms with van der Waals surface area (Å²) < 4.78 is 16.1. The molecule has 1 unspecified atom stereocenters. The van der Waals surface area contributed by atoms with E-state index >= 15 is 0 Å². The van der Waals surface area contributed by atoms with E-state index in [0.29, 0.717) is 23.3 Å². The molecule has 2 heterocycles. The third-order valence-corrected chi connectivity index (χ3v) is 5.48. The van der Waals surface area contributed by atoms with Gasteiger partial charge >= 0.3 is 5.63 Å². The van der Waals surface area contributed by atoms with Gasteiger partial charge in [0, 0.05) is 35.4 Å². The topological polar surface area (TPSA) is 81.7 Å². The highest BCUT2D eigenvalue weighted by molar-refractivity contribution is 5.83. The Morgan fingerprint density at radius 3 is 3.00 bits per heavy atom. The van der Waals surface area contributed by atoms with E-state index in [2.05, 4.69) is 5.32 Å². The molecule has 3 aromatic rings. The van der Waals surface area contributed by atoms with Gasteiger partial charge in [-0.1, -0.05) is 0 Å². The fraction of sp³-hybridized carbons (Fsp3) is 0.364. The number of aryl methyl sites for hydroxylation is 2. The van der Waals surface area contributed by atoms with Crippen LogP contribution in [-0.4, -0.2) is 13.0 Å². The molecule has 0 bridgehead atoms. The first-order chi connectivity index (χ1) is 13.6. The van der Waals surface area contributed by atoms with Gasteiger partial charge < -0.3 is 18.9 Å². The van der Waals surface area contributed by atoms with E-state index < -0.39 is 5.63 Å². The fourth-order valence-electron chi connectivity index (χ4n) is 3.93. The first-order valence-corrected chi connectivity index (χ1v) is 9.52. The van der Waals surface area contributed by atoms with Crippen LogP contribution in [0.3, 0.4) is 0 Å². The Bertz CT molecular complexity index is 1080. The maximum Gasteiger partial charge on any atom is 0.339 e. The molecule has 1 aromatic carbocycles. The number of amides is 1. The van der Waals surface area contributed by atoms with Crippen molar-refractivity contribution in [3.8, 4) is 5.75 Å². The van der Waals surface area contributed by atoms with Gasteiger partial charge in [0.25, 0.3) is 0 Å². The molecule has 1 amide bonds. The van der Waals surface area contributed by atoms with Crippen LogP contribution in [0.25, 0.3) is 11.0 Å². The summed E-state index contributed by atoms with van der Waals surface area (Å²) >= 11 is 0. The van der Waals surface area contributed by atoms with Crippen molar-refractivity contribution in [1.29, 1.82) is 0 Å². The van der Waals surface area contributed by atoms with Crippen LogP contribution in [0.1, 0.15) is 47.8 Å². The molecule has 1 aliphatic carbocycles. The number of fused-ring (bicyclic) bond motifs is 2. The molecule has 0 aliphatic heterocycles. The average Bonchev–Trinajstić information content (AvgIpc) is 3.17. The lowest BCUT2D eigenvalue weighted by Crippen LogP contribution is -2.31. The molecular formula is C22H23NO5. The van der Waals surface area contributed by atoms with Crippen molar-refractivity contribution in [3.63, 3.8) is 0 Å². The maximum absolute atomic E-state index is 12.5. The summed E-state index contributed by atoms with van der Waals surface area (Å²) in [6.45, 7) is 1.89. The summed E-state index contributed by atoms with van der Waals surface area (Å²) in [5.41, 5.74) is 2.54. The van der Waals surface area contributed by atoms with Crippen molar-refractivity contribution in [2.75, 3.05) is 7.11 Å². The summed E-state index contributed by atoms with van der Waals surface area (Å²) in [5.74, 6) is 1.51. The highest BCUT2D eigenvalue weighted by Gasteiger charge is 2.24. The van der Waals surface area contributed by atoms with E-state index in [4.69, 9.17) is 13.6 Å². The first kappa shape index (κ1) is 18.3. The van der Waals surface area contributed by atoms with Crippen LogP contribution < -0.4 is 15.7 Å². The fourth-order valence-corrected chi connectivity index (χ4v) is 3.93. The lowest BCUT2D eigenvalue weighted by Gasteiger charge is -2.22. The van der Waals surface area contributed by atoms with Crippen LogP contribution in [0.2, 0.25) is 0 Å². The Hall–Kier alpha value is -3.02. The van der Waals surface area contributed by atoms with E-state index in [9.17, 15) is 9.59 Å². The quantitative estimate of drug-likeness (QED) is 0.679. The lowest BCUT2D eigenvalue weighted by molar-refractivity contribution is -0.121. The standard InChI is InChI=1S/C22H23NO5/c1-13-15-7-6-14(26-2)12-20(15)28-22(25)16(13)8-9-21(24)23-18-4-3-5-19-17(18)10-11-27-19/h6-7,10-12,18H,3-5,8-9H2,1-2H3,(H,23,24). The minimum absolute atomic E-state index is 0.0171. The molecule has 0 radical (unpaired) electrons. The zero-order valence-electron chi connectivity index (χ0n) is 16.0. The van der Waals surface area contributed by atoms with Gasteiger partial charge in [-0.05, 0) is 49.9 Å². The number of carbonyl (C=O) groups is 1. The first-order valence-electron chi connectivity index (χ1n) is 9.52. The number of furan rings is 1. The second-order valence-electron chi connectivity index (χ2n) is 7.17. The van der Waals surface area contributed by atoms with Crippen molar-refractivity contribution in [3.05, 3.63) is 63.4 Å². The SMILES string of the molecule is COc1ccc2c(C)c(CCC(=O)NC3CCCc4occc43)c(=O)oc2c1. The summed E-state index contributed by atoms with van der Waals surface area (Å²) in [5, 5.41) is 3.93. The van der Waals surface area contributed by atoms with Gasteiger partial charge in [-0.2, -0.15) is 0 Å². The number of rotatable bonds is 5. The Morgan fingerprint density at radius 1 is 1.32 bits per heavy atom. The number of hydrogen-bond acceptors (Lipinski definition) is 5. The Balaban J connectivity index is 1.48. The molecule has 0 saturated heterocycles. The van der Waals surface area contributed by atoms with Crippen LogP contribution in [0, 0.1) is 6.92 Å². The van der Waals surface area contributed by atoms with Gasteiger partial charge in [-0.15, -0.1) is 0 Å². The van der Waals surface area contributed by atoms with E-state index in [1.54, 1.807) is 19.4 Å². The molecule has 146 valence electrons. The van der Waals surface area contributed by atoms with Crippen molar-refractivity contribution in [2.45, 2.75) is 45.1 Å². The highest BCUT2D eigenvalue weighted by atomic mass is 16.5. The number of hydrogen-bond donors (Lipinski definition) is 1. The monoisotopic (exact) mass is 381 g/mol. The largest absolute Gasteiger partial charge is 0.497 e. The van der Waals surface area contributed by atoms with Crippen LogP contribution in [0.4, 0.5) is 0 Å². The number of carbonyl (C=O) groups excluding carboxylic acids is 1. The Morgan fingerprint density at radius 2 is 2.18 bits per heavy atom. The molecule has 0 fully saturated rings. The molecule has 0 saturated carbocycles. The van der Waals surface area contributed by atoms with E-state index in [1.807, 2.05) is 25.1 Å². The van der Waals surface area contributed by atoms with Crippen LogP contribution in [-0.2, 0) is 17.6 Å². The second kappa shape index (κ2) is 7.54. The molecule has 1 N–H and O–H groups in total. The summed E-state index contributed by atoms with van der Waals surface area (Å²) in [6, 6.07) is 7.31. The minimum Gasteiger partial charge on any atom is -0.497 e. The minimum atomic E-state index is -0.402. The van der Waals surface area contributed by atoms with Crippen LogP contribution in [0.15, 0.2) is 44.2 Å². The number of methoxy groups -OCH3 is 1. The van der Waals surface area contributed by atoms with Gasteiger partial charge in [-0.25, -0.2) is 4.79 Å². The lowest BCUT2D eigenvalue weighted by atomic mass is 9.93. The maximum atomic E-state index is 12.5. The summed E-state index contributed by atoms with van der Waals surface area (Å²) in [4.78, 5) is 24.9. The molecule has 0 spiro atoms. The molecule has 6 heteroatoms. The molecule has 2 aromatic heterocycles. The molecular weight excluding hydrogens is 358 g/mol. The smallest absolute Gasteiger partial charge is 0.339 e. The predicted octanol–water partition coefficient (Wildman–Crippen LogP) is 3.83. The molecule has 1 atom stereocenters. The third kappa shape index (κ3) is 3.42. The molecule has 1 aliphatic rings. The zero-order valence-corrected chi connectivity index (χ0v) is 16.0. The summed E-state index contributed by atoms with van der Waals surface area (Å²) in [7, 11) is 1.57. The van der Waals surface area contributed by atoms with Gasteiger partial charge in [0.1, 0.15) is 17.1 Å². The molecule has 6 nitrogen and oxygen atoms in total.